The molecule has 1 aliphatic heterocycles. The van der Waals surface area contributed by atoms with Gasteiger partial charge in [0.15, 0.2) is 0 Å². The number of hydrogen-bond donors (Lipinski definition) is 1. The van der Waals surface area contributed by atoms with Crippen LogP contribution in [0.4, 0.5) is 5.69 Å². The number of carboxylic acids is 1. The highest BCUT2D eigenvalue weighted by Gasteiger charge is 2.24. The Kier molecular flexibility index (Phi) is 4.20. The lowest BCUT2D eigenvalue weighted by molar-refractivity contribution is -0.118. The molecule has 2 rings (SSSR count). The predicted octanol–water partition coefficient (Wildman–Crippen LogP) is 2.85. The van der Waals surface area contributed by atoms with Crippen molar-refractivity contribution in [1.82, 2.24) is 0 Å². The maximum atomic E-state index is 12.1. The van der Waals surface area contributed by atoms with Gasteiger partial charge >= 0.3 is 5.97 Å². The zero-order valence-electron chi connectivity index (χ0n) is 11.2. The van der Waals surface area contributed by atoms with Crippen molar-refractivity contribution in [1.29, 1.82) is 0 Å². The average molecular weight is 261 g/mol. The van der Waals surface area contributed by atoms with Crippen LogP contribution in [0.25, 0.3) is 0 Å². The van der Waals surface area contributed by atoms with E-state index >= 15 is 0 Å². The third-order valence-electron chi connectivity index (χ3n) is 3.52. The highest BCUT2D eigenvalue weighted by molar-refractivity contribution is 5.96. The first kappa shape index (κ1) is 13.6. The van der Waals surface area contributed by atoms with E-state index in [2.05, 4.69) is 6.92 Å². The molecule has 0 unspecified atom stereocenters. The standard InChI is InChI=1S/C15H19NO3/c1-2-3-4-5-14(17)16-9-8-11-10-12(15(18)19)6-7-13(11)16/h6-7,10H,2-5,8-9H2,1H3,(H,18,19). The zero-order chi connectivity index (χ0) is 13.8. The van der Waals surface area contributed by atoms with Crippen molar-refractivity contribution >= 4 is 17.6 Å². The van der Waals surface area contributed by atoms with Crippen LogP contribution in [0.3, 0.4) is 0 Å². The molecule has 0 atom stereocenters. The molecule has 4 heteroatoms. The number of amides is 1. The summed E-state index contributed by atoms with van der Waals surface area (Å²) in [5.41, 5.74) is 2.13. The molecule has 0 aromatic heterocycles. The Morgan fingerprint density at radius 2 is 2.11 bits per heavy atom. The summed E-state index contributed by atoms with van der Waals surface area (Å²) in [6.45, 7) is 2.78. The van der Waals surface area contributed by atoms with Gasteiger partial charge in [0.25, 0.3) is 0 Å². The largest absolute Gasteiger partial charge is 0.478 e. The Bertz CT molecular complexity index is 496. The van der Waals surface area contributed by atoms with Crippen molar-refractivity contribution in [2.24, 2.45) is 0 Å². The fourth-order valence-corrected chi connectivity index (χ4v) is 2.46. The maximum absolute atomic E-state index is 12.1. The van der Waals surface area contributed by atoms with Gasteiger partial charge < -0.3 is 10.0 Å². The molecule has 4 nitrogen and oxygen atoms in total. The number of anilines is 1. The molecule has 0 saturated carbocycles. The summed E-state index contributed by atoms with van der Waals surface area (Å²) in [6.07, 6.45) is 4.43. The first-order valence-electron chi connectivity index (χ1n) is 6.80. The Hall–Kier alpha value is -1.84. The minimum atomic E-state index is -0.921. The number of carboxylic acid groups (broad SMARTS) is 1. The lowest BCUT2D eigenvalue weighted by Gasteiger charge is -2.17. The first-order chi connectivity index (χ1) is 9.13. The molecule has 1 heterocycles. The molecule has 1 aromatic carbocycles. The Labute approximate surface area is 113 Å². The molecular weight excluding hydrogens is 242 g/mol. The minimum absolute atomic E-state index is 0.148. The van der Waals surface area contributed by atoms with Crippen LogP contribution in [0.15, 0.2) is 18.2 Å². The SMILES string of the molecule is CCCCCC(=O)N1CCc2cc(C(=O)O)ccc21. The van der Waals surface area contributed by atoms with E-state index in [0.29, 0.717) is 18.5 Å². The zero-order valence-corrected chi connectivity index (χ0v) is 11.2. The van der Waals surface area contributed by atoms with Crippen molar-refractivity contribution in [3.8, 4) is 0 Å². The molecule has 1 aromatic rings. The van der Waals surface area contributed by atoms with Gasteiger partial charge in [-0.2, -0.15) is 0 Å². The third-order valence-corrected chi connectivity index (χ3v) is 3.52. The Morgan fingerprint density at radius 1 is 1.32 bits per heavy atom. The van der Waals surface area contributed by atoms with Gasteiger partial charge in [-0.25, -0.2) is 4.79 Å². The van der Waals surface area contributed by atoms with Gasteiger partial charge in [0, 0.05) is 18.7 Å². The number of hydrogen-bond acceptors (Lipinski definition) is 2. The predicted molar refractivity (Wildman–Crippen MR) is 73.6 cm³/mol. The smallest absolute Gasteiger partial charge is 0.335 e. The highest BCUT2D eigenvalue weighted by Crippen LogP contribution is 2.29. The van der Waals surface area contributed by atoms with E-state index in [4.69, 9.17) is 5.11 Å². The molecule has 0 fully saturated rings. The number of rotatable bonds is 5. The first-order valence-corrected chi connectivity index (χ1v) is 6.80. The summed E-state index contributed by atoms with van der Waals surface area (Å²) in [4.78, 5) is 24.8. The van der Waals surface area contributed by atoms with Gasteiger partial charge in [-0.3, -0.25) is 4.79 Å². The fourth-order valence-electron chi connectivity index (χ4n) is 2.46. The molecule has 1 N–H and O–H groups in total. The van der Waals surface area contributed by atoms with Crippen molar-refractivity contribution in [2.75, 3.05) is 11.4 Å². The normalized spacial score (nSPS) is 13.4. The lowest BCUT2D eigenvalue weighted by Crippen LogP contribution is -2.28. The van der Waals surface area contributed by atoms with Gasteiger partial charge in [0.05, 0.1) is 5.56 Å². The van der Waals surface area contributed by atoms with Crippen molar-refractivity contribution < 1.29 is 14.7 Å². The summed E-state index contributed by atoms with van der Waals surface area (Å²) in [6, 6.07) is 5.00. The van der Waals surface area contributed by atoms with Crippen molar-refractivity contribution in [2.45, 2.75) is 39.0 Å². The summed E-state index contributed by atoms with van der Waals surface area (Å²) in [5, 5.41) is 8.95. The molecule has 0 aliphatic carbocycles. The Balaban J connectivity index is 2.09. The van der Waals surface area contributed by atoms with E-state index < -0.39 is 5.97 Å². The van der Waals surface area contributed by atoms with Crippen LogP contribution < -0.4 is 4.90 Å². The van der Waals surface area contributed by atoms with Gasteiger partial charge in [-0.1, -0.05) is 19.8 Å². The second-order valence-electron chi connectivity index (χ2n) is 4.90. The Morgan fingerprint density at radius 3 is 2.79 bits per heavy atom. The highest BCUT2D eigenvalue weighted by atomic mass is 16.4. The quantitative estimate of drug-likeness (QED) is 0.829. The van der Waals surface area contributed by atoms with Gasteiger partial charge in [-0.05, 0) is 36.6 Å². The van der Waals surface area contributed by atoms with E-state index in [-0.39, 0.29) is 5.91 Å². The monoisotopic (exact) mass is 261 g/mol. The molecule has 0 radical (unpaired) electrons. The van der Waals surface area contributed by atoms with Crippen LogP contribution in [0.5, 0.6) is 0 Å². The van der Waals surface area contributed by atoms with Crippen LogP contribution >= 0.6 is 0 Å². The topological polar surface area (TPSA) is 57.6 Å². The van der Waals surface area contributed by atoms with Crippen LogP contribution in [0, 0.1) is 0 Å². The number of carbonyl (C=O) groups excluding carboxylic acids is 1. The number of aromatic carboxylic acids is 1. The summed E-state index contributed by atoms with van der Waals surface area (Å²) in [7, 11) is 0. The van der Waals surface area contributed by atoms with Gasteiger partial charge in [0.1, 0.15) is 0 Å². The van der Waals surface area contributed by atoms with E-state index in [9.17, 15) is 9.59 Å². The molecule has 0 saturated heterocycles. The number of carbonyl (C=O) groups is 2. The molecule has 0 bridgehead atoms. The van der Waals surface area contributed by atoms with E-state index in [1.165, 1.54) is 0 Å². The lowest BCUT2D eigenvalue weighted by atomic mass is 10.1. The summed E-state index contributed by atoms with van der Waals surface area (Å²) in [5.74, 6) is -0.772. The number of nitrogens with zero attached hydrogens (tertiary/aromatic N) is 1. The molecule has 102 valence electrons. The molecule has 0 spiro atoms. The van der Waals surface area contributed by atoms with Gasteiger partial charge in [-0.15, -0.1) is 0 Å². The molecule has 1 amide bonds. The van der Waals surface area contributed by atoms with Crippen LogP contribution in [0.2, 0.25) is 0 Å². The van der Waals surface area contributed by atoms with Crippen LogP contribution in [0.1, 0.15) is 48.5 Å². The minimum Gasteiger partial charge on any atom is -0.478 e. The van der Waals surface area contributed by atoms with E-state index in [0.717, 1.165) is 36.9 Å². The van der Waals surface area contributed by atoms with E-state index in [1.807, 2.05) is 0 Å². The van der Waals surface area contributed by atoms with Crippen molar-refractivity contribution in [3.63, 3.8) is 0 Å². The average Bonchev–Trinajstić information content (AvgIpc) is 2.81. The summed E-state index contributed by atoms with van der Waals surface area (Å²) >= 11 is 0. The fraction of sp³-hybridized carbons (Fsp3) is 0.467. The molecule has 1 aliphatic rings. The maximum Gasteiger partial charge on any atom is 0.335 e. The van der Waals surface area contributed by atoms with E-state index in [1.54, 1.807) is 23.1 Å². The molecular formula is C15H19NO3. The molecule has 19 heavy (non-hydrogen) atoms. The third kappa shape index (κ3) is 2.95. The number of benzene rings is 1. The van der Waals surface area contributed by atoms with Crippen molar-refractivity contribution in [3.05, 3.63) is 29.3 Å². The summed E-state index contributed by atoms with van der Waals surface area (Å²) < 4.78 is 0. The van der Waals surface area contributed by atoms with Crippen LogP contribution in [-0.4, -0.2) is 23.5 Å². The number of unbranched alkanes of at least 4 members (excludes halogenated alkanes) is 2. The second kappa shape index (κ2) is 5.87. The second-order valence-corrected chi connectivity index (χ2v) is 4.90. The number of fused-ring (bicyclic) bond motifs is 1. The van der Waals surface area contributed by atoms with Crippen LogP contribution in [-0.2, 0) is 11.2 Å². The van der Waals surface area contributed by atoms with Gasteiger partial charge in [0.2, 0.25) is 5.91 Å².